The molecule has 30 heavy (non-hydrogen) atoms. The van der Waals surface area contributed by atoms with Crippen LogP contribution in [-0.4, -0.2) is 42.4 Å². The predicted octanol–water partition coefficient (Wildman–Crippen LogP) is 2.47. The molecule has 7 heteroatoms. The monoisotopic (exact) mass is 412 g/mol. The van der Waals surface area contributed by atoms with E-state index in [9.17, 15) is 4.79 Å². The van der Waals surface area contributed by atoms with Crippen molar-refractivity contribution in [2.45, 2.75) is 57.9 Å². The third kappa shape index (κ3) is 5.75. The number of hydrogen-bond donors (Lipinski definition) is 4. The molecule has 1 atom stereocenters. The Morgan fingerprint density at radius 2 is 2.27 bits per heavy atom. The Morgan fingerprint density at radius 3 is 2.97 bits per heavy atom. The molecule has 3 aliphatic rings. The van der Waals surface area contributed by atoms with Gasteiger partial charge in [0, 0.05) is 43.6 Å². The number of unbranched alkanes of at least 4 members (excludes halogenated alkanes) is 2. The van der Waals surface area contributed by atoms with Crippen LogP contribution in [0, 0.1) is 5.41 Å². The molecule has 0 aromatic rings. The number of amides is 1. The van der Waals surface area contributed by atoms with Crippen molar-refractivity contribution in [1.29, 1.82) is 0 Å². The molecule has 0 radical (unpaired) electrons. The second kappa shape index (κ2) is 11.0. The molecule has 0 saturated carbocycles. The van der Waals surface area contributed by atoms with E-state index in [-0.39, 0.29) is 11.3 Å². The summed E-state index contributed by atoms with van der Waals surface area (Å²) in [6.45, 7) is 4.73. The lowest BCUT2D eigenvalue weighted by atomic mass is 9.70. The number of carbonyl (C=O) groups excluding carboxylic acids is 1. The van der Waals surface area contributed by atoms with Gasteiger partial charge in [-0.2, -0.15) is 0 Å². The van der Waals surface area contributed by atoms with E-state index in [2.05, 4.69) is 63.5 Å². The molecular weight excluding hydrogens is 376 g/mol. The lowest BCUT2D eigenvalue weighted by Gasteiger charge is -2.44. The van der Waals surface area contributed by atoms with Crippen LogP contribution in [-0.2, 0) is 4.79 Å². The minimum Gasteiger partial charge on any atom is -0.385 e. The third-order valence-electron chi connectivity index (χ3n) is 6.23. The summed E-state index contributed by atoms with van der Waals surface area (Å²) >= 11 is 0. The molecule has 1 amide bonds. The summed E-state index contributed by atoms with van der Waals surface area (Å²) in [6.07, 6.45) is 21.8. The zero-order valence-electron chi connectivity index (χ0n) is 18.1. The Labute approximate surface area is 180 Å². The molecule has 2 aliphatic heterocycles. The van der Waals surface area contributed by atoms with Gasteiger partial charge < -0.3 is 21.8 Å². The fourth-order valence-corrected chi connectivity index (χ4v) is 4.27. The summed E-state index contributed by atoms with van der Waals surface area (Å²) in [4.78, 5) is 16.8. The number of amidine groups is 1. The van der Waals surface area contributed by atoms with Crippen molar-refractivity contribution in [1.82, 2.24) is 21.1 Å². The minimum atomic E-state index is -0.595. The Bertz CT molecular complexity index is 728. The number of allylic oxidation sites excluding steroid dienone is 4. The topological polar surface area (TPSA) is 94.8 Å². The Balaban J connectivity index is 1.59. The summed E-state index contributed by atoms with van der Waals surface area (Å²) in [6, 6.07) is -0.595. The zero-order valence-corrected chi connectivity index (χ0v) is 18.1. The molecule has 0 aromatic heterocycles. The first-order valence-corrected chi connectivity index (χ1v) is 11.2. The van der Waals surface area contributed by atoms with Crippen molar-refractivity contribution >= 4 is 11.7 Å². The van der Waals surface area contributed by atoms with E-state index in [1.165, 1.54) is 18.4 Å². The summed E-state index contributed by atoms with van der Waals surface area (Å²) in [5.74, 6) is 0.184. The lowest BCUT2D eigenvalue weighted by molar-refractivity contribution is -0.122. The number of nitrogens with two attached hydrogens (primary N) is 1. The van der Waals surface area contributed by atoms with Crippen molar-refractivity contribution in [2.24, 2.45) is 16.1 Å². The first kappa shape index (κ1) is 22.2. The number of hydrazine groups is 1. The smallest absolute Gasteiger partial charge is 0.250 e. The maximum absolute atomic E-state index is 12.7. The highest BCUT2D eigenvalue weighted by Crippen LogP contribution is 2.41. The molecule has 0 spiro atoms. The third-order valence-corrected chi connectivity index (χ3v) is 6.23. The van der Waals surface area contributed by atoms with Gasteiger partial charge in [-0.1, -0.05) is 49.6 Å². The largest absolute Gasteiger partial charge is 0.385 e. The van der Waals surface area contributed by atoms with Gasteiger partial charge in [0.2, 0.25) is 5.91 Å². The summed E-state index contributed by atoms with van der Waals surface area (Å²) in [5.41, 5.74) is 10.8. The maximum atomic E-state index is 12.7. The average Bonchev–Trinajstić information content (AvgIpc) is 2.79. The molecule has 5 N–H and O–H groups in total. The van der Waals surface area contributed by atoms with Crippen LogP contribution in [0.25, 0.3) is 0 Å². The van der Waals surface area contributed by atoms with Crippen molar-refractivity contribution < 1.29 is 4.79 Å². The van der Waals surface area contributed by atoms with Gasteiger partial charge in [-0.3, -0.25) is 4.79 Å². The number of carbonyl (C=O) groups is 1. The molecule has 1 fully saturated rings. The van der Waals surface area contributed by atoms with Crippen LogP contribution in [0.15, 0.2) is 53.5 Å². The van der Waals surface area contributed by atoms with Gasteiger partial charge in [0.25, 0.3) is 0 Å². The van der Waals surface area contributed by atoms with Gasteiger partial charge in [-0.25, -0.2) is 10.0 Å². The van der Waals surface area contributed by atoms with Crippen LogP contribution in [0.4, 0.5) is 0 Å². The van der Waals surface area contributed by atoms with Gasteiger partial charge in [0.05, 0.1) is 0 Å². The van der Waals surface area contributed by atoms with E-state index in [1.807, 2.05) is 0 Å². The highest BCUT2D eigenvalue weighted by atomic mass is 16.2. The molecule has 7 nitrogen and oxygen atoms in total. The minimum absolute atomic E-state index is 0.0130. The second-order valence-corrected chi connectivity index (χ2v) is 8.29. The summed E-state index contributed by atoms with van der Waals surface area (Å²) < 4.78 is 0. The molecule has 3 rings (SSSR count). The predicted molar refractivity (Wildman–Crippen MR) is 122 cm³/mol. The first-order chi connectivity index (χ1) is 14.6. The van der Waals surface area contributed by atoms with Gasteiger partial charge >= 0.3 is 0 Å². The SMILES string of the molecule is CCCC/C=C\NN1CCC(CNC(=O)C2NC=CN=C2N)(C2=CC=CCC2)CC1. The fraction of sp³-hybridized carbons (Fsp3) is 0.565. The van der Waals surface area contributed by atoms with Gasteiger partial charge in [0.1, 0.15) is 5.84 Å². The van der Waals surface area contributed by atoms with Crippen LogP contribution >= 0.6 is 0 Å². The van der Waals surface area contributed by atoms with Crippen molar-refractivity contribution in [3.63, 3.8) is 0 Å². The van der Waals surface area contributed by atoms with E-state index in [4.69, 9.17) is 5.73 Å². The van der Waals surface area contributed by atoms with E-state index in [0.717, 1.165) is 45.2 Å². The normalized spacial score (nSPS) is 23.6. The molecule has 0 aromatic carbocycles. The summed E-state index contributed by atoms with van der Waals surface area (Å²) in [7, 11) is 0. The second-order valence-electron chi connectivity index (χ2n) is 8.29. The number of aliphatic imine (C=N–C) groups is 1. The quantitative estimate of drug-likeness (QED) is 0.437. The molecule has 1 aliphatic carbocycles. The van der Waals surface area contributed by atoms with E-state index in [1.54, 1.807) is 12.4 Å². The number of rotatable bonds is 9. The van der Waals surface area contributed by atoms with E-state index >= 15 is 0 Å². The zero-order chi connectivity index (χ0) is 21.2. The van der Waals surface area contributed by atoms with Gasteiger partial charge in [0.15, 0.2) is 6.04 Å². The molecule has 164 valence electrons. The van der Waals surface area contributed by atoms with Crippen LogP contribution in [0.5, 0.6) is 0 Å². The molecule has 1 unspecified atom stereocenters. The Morgan fingerprint density at radius 1 is 1.43 bits per heavy atom. The van der Waals surface area contributed by atoms with Gasteiger partial charge in [-0.05, 0) is 32.1 Å². The van der Waals surface area contributed by atoms with Crippen LogP contribution in [0.1, 0.15) is 51.9 Å². The molecule has 2 heterocycles. The Kier molecular flexibility index (Phi) is 8.13. The van der Waals surface area contributed by atoms with Crippen LogP contribution < -0.4 is 21.8 Å². The van der Waals surface area contributed by atoms with Crippen molar-refractivity contribution in [3.8, 4) is 0 Å². The number of hydrogen-bond acceptors (Lipinski definition) is 6. The van der Waals surface area contributed by atoms with Crippen LogP contribution in [0.3, 0.4) is 0 Å². The van der Waals surface area contributed by atoms with Crippen molar-refractivity contribution in [3.05, 3.63) is 48.5 Å². The standard InChI is InChI=1S/C23H36N6O/c1-2-3-4-8-13-28-29-16-11-23(12-17-29,19-9-6-5-7-10-19)18-27-22(30)20-21(24)26-15-14-25-20/h5-6,8-9,13-15,20,25,28H,2-4,7,10-12,16-18H2,1H3,(H2,24,26)(H,27,30)/b13-8-. The summed E-state index contributed by atoms with van der Waals surface area (Å²) in [5, 5.41) is 8.43. The Hall–Kier alpha value is -2.54. The average molecular weight is 413 g/mol. The van der Waals surface area contributed by atoms with E-state index < -0.39 is 6.04 Å². The number of piperidine rings is 1. The van der Waals surface area contributed by atoms with Crippen molar-refractivity contribution in [2.75, 3.05) is 19.6 Å². The fourth-order valence-electron chi connectivity index (χ4n) is 4.27. The maximum Gasteiger partial charge on any atom is 0.250 e. The first-order valence-electron chi connectivity index (χ1n) is 11.2. The molecule has 0 bridgehead atoms. The molecular formula is C23H36N6O. The van der Waals surface area contributed by atoms with Crippen LogP contribution in [0.2, 0.25) is 0 Å². The highest BCUT2D eigenvalue weighted by Gasteiger charge is 2.38. The van der Waals surface area contributed by atoms with E-state index in [0.29, 0.717) is 12.4 Å². The number of nitrogens with one attached hydrogen (secondary N) is 3. The van der Waals surface area contributed by atoms with Gasteiger partial charge in [-0.15, -0.1) is 0 Å². The lowest BCUT2D eigenvalue weighted by Crippen LogP contribution is -2.55. The highest BCUT2D eigenvalue weighted by molar-refractivity contribution is 6.07. The molecule has 1 saturated heterocycles. The number of nitrogens with zero attached hydrogens (tertiary/aromatic N) is 2.